The van der Waals surface area contributed by atoms with Gasteiger partial charge in [-0.05, 0) is 69.3 Å². The van der Waals surface area contributed by atoms with Crippen molar-refractivity contribution in [1.82, 2.24) is 15.6 Å². The number of nitrogens with one attached hydrogen (secondary N) is 2. The molecule has 4 saturated carbocycles. The third-order valence-corrected chi connectivity index (χ3v) is 7.04. The summed E-state index contributed by atoms with van der Waals surface area (Å²) in [6.07, 6.45) is 7.78. The van der Waals surface area contributed by atoms with E-state index in [9.17, 15) is 9.59 Å². The smallest absolute Gasteiger partial charge is 0.267 e. The van der Waals surface area contributed by atoms with Gasteiger partial charge in [0, 0.05) is 16.5 Å². The number of aromatic amines is 1. The first-order chi connectivity index (χ1) is 13.0. The molecular formula is C21H24N4O2. The molecule has 4 bridgehead atoms. The second kappa shape index (κ2) is 6.01. The minimum Gasteiger partial charge on any atom is -0.267 e. The Hall–Kier alpha value is -2.50. The molecule has 140 valence electrons. The van der Waals surface area contributed by atoms with Crippen molar-refractivity contribution in [1.29, 1.82) is 0 Å². The molecular weight excluding hydrogens is 340 g/mol. The highest BCUT2D eigenvalue weighted by Gasteiger charge is 2.52. The van der Waals surface area contributed by atoms with E-state index in [0.29, 0.717) is 10.8 Å². The summed E-state index contributed by atoms with van der Waals surface area (Å²) in [5, 5.41) is 11.9. The summed E-state index contributed by atoms with van der Waals surface area (Å²) in [4.78, 5) is 24.6. The van der Waals surface area contributed by atoms with Crippen LogP contribution in [0.4, 0.5) is 0 Å². The molecule has 0 unspecified atom stereocenters. The molecule has 1 aromatic carbocycles. The summed E-state index contributed by atoms with van der Waals surface area (Å²) in [6.45, 7) is 2.06. The molecule has 0 spiro atoms. The Labute approximate surface area is 157 Å². The lowest BCUT2D eigenvalue weighted by atomic mass is 9.48. The van der Waals surface area contributed by atoms with Gasteiger partial charge in [0.2, 0.25) is 0 Å². The van der Waals surface area contributed by atoms with Crippen molar-refractivity contribution in [3.05, 3.63) is 40.3 Å². The number of hydrazone groups is 1. The van der Waals surface area contributed by atoms with E-state index < -0.39 is 0 Å². The Kier molecular flexibility index (Phi) is 3.71. The molecule has 4 fully saturated rings. The van der Waals surface area contributed by atoms with Gasteiger partial charge in [-0.15, -0.1) is 0 Å². The molecule has 6 heteroatoms. The van der Waals surface area contributed by atoms with Gasteiger partial charge in [-0.3, -0.25) is 9.59 Å². The molecule has 4 aliphatic rings. The van der Waals surface area contributed by atoms with Crippen molar-refractivity contribution in [3.8, 4) is 0 Å². The largest absolute Gasteiger partial charge is 0.292 e. The number of rotatable bonds is 3. The van der Waals surface area contributed by atoms with Gasteiger partial charge in [-0.25, -0.2) is 10.5 Å². The number of H-pyrrole nitrogens is 1. The Morgan fingerprint density at radius 1 is 1.11 bits per heavy atom. The number of hydrogen-bond acceptors (Lipinski definition) is 4. The highest BCUT2D eigenvalue weighted by Crippen LogP contribution is 2.60. The van der Waals surface area contributed by atoms with Gasteiger partial charge < -0.3 is 0 Å². The fourth-order valence-electron chi connectivity index (χ4n) is 6.15. The van der Waals surface area contributed by atoms with Crippen molar-refractivity contribution in [3.63, 3.8) is 0 Å². The Morgan fingerprint density at radius 2 is 1.70 bits per heavy atom. The first-order valence-corrected chi connectivity index (χ1v) is 9.86. The summed E-state index contributed by atoms with van der Waals surface area (Å²) in [6, 6.07) is 7.00. The van der Waals surface area contributed by atoms with Crippen LogP contribution in [-0.2, 0) is 0 Å². The summed E-state index contributed by atoms with van der Waals surface area (Å²) in [5.74, 6) is 2.12. The molecule has 6 rings (SSSR count). The molecule has 2 N–H and O–H groups in total. The van der Waals surface area contributed by atoms with Crippen LogP contribution in [0.5, 0.6) is 0 Å². The number of aromatic nitrogens is 2. The monoisotopic (exact) mass is 364 g/mol. The SMILES string of the molecule is CC(=NNC(=O)c1n[nH]c(=O)c2ccccc12)C12CC3CC(CC(C3)C1)C2. The van der Waals surface area contributed by atoms with Crippen LogP contribution in [0.2, 0.25) is 0 Å². The summed E-state index contributed by atoms with van der Waals surface area (Å²) >= 11 is 0. The topological polar surface area (TPSA) is 87.2 Å². The highest BCUT2D eigenvalue weighted by atomic mass is 16.2. The third kappa shape index (κ3) is 2.69. The van der Waals surface area contributed by atoms with E-state index in [2.05, 4.69) is 27.6 Å². The summed E-state index contributed by atoms with van der Waals surface area (Å²) in [7, 11) is 0. The van der Waals surface area contributed by atoms with Crippen LogP contribution < -0.4 is 11.0 Å². The van der Waals surface area contributed by atoms with E-state index in [1.165, 1.54) is 38.5 Å². The van der Waals surface area contributed by atoms with Gasteiger partial charge in [0.1, 0.15) is 0 Å². The average Bonchev–Trinajstić information content (AvgIpc) is 2.65. The lowest BCUT2D eigenvalue weighted by Gasteiger charge is -2.56. The van der Waals surface area contributed by atoms with Crippen LogP contribution in [0.25, 0.3) is 10.8 Å². The van der Waals surface area contributed by atoms with Crippen LogP contribution in [0.3, 0.4) is 0 Å². The third-order valence-electron chi connectivity index (χ3n) is 7.04. The van der Waals surface area contributed by atoms with Crippen molar-refractivity contribution in [2.24, 2.45) is 28.3 Å². The number of nitrogens with zero attached hydrogens (tertiary/aromatic N) is 2. The van der Waals surface area contributed by atoms with Gasteiger partial charge in [0.15, 0.2) is 5.69 Å². The van der Waals surface area contributed by atoms with E-state index >= 15 is 0 Å². The molecule has 0 radical (unpaired) electrons. The Balaban J connectivity index is 1.41. The van der Waals surface area contributed by atoms with E-state index in [1.807, 2.05) is 0 Å². The number of hydrogen-bond donors (Lipinski definition) is 2. The first kappa shape index (κ1) is 16.7. The van der Waals surface area contributed by atoms with E-state index in [1.54, 1.807) is 24.3 Å². The number of amides is 1. The van der Waals surface area contributed by atoms with Crippen LogP contribution in [0.1, 0.15) is 55.9 Å². The zero-order valence-electron chi connectivity index (χ0n) is 15.5. The average molecular weight is 364 g/mol. The molecule has 0 aliphatic heterocycles. The predicted octanol–water partition coefficient (Wildman–Crippen LogP) is 3.25. The normalized spacial score (nSPS) is 32.0. The number of fused-ring (bicyclic) bond motifs is 1. The maximum Gasteiger partial charge on any atom is 0.292 e. The van der Waals surface area contributed by atoms with Crippen molar-refractivity contribution < 1.29 is 4.79 Å². The first-order valence-electron chi connectivity index (χ1n) is 9.86. The van der Waals surface area contributed by atoms with Gasteiger partial charge in [-0.2, -0.15) is 10.2 Å². The predicted molar refractivity (Wildman–Crippen MR) is 104 cm³/mol. The van der Waals surface area contributed by atoms with E-state index in [4.69, 9.17) is 0 Å². The second-order valence-electron chi connectivity index (χ2n) is 8.78. The number of carbonyl (C=O) groups is 1. The van der Waals surface area contributed by atoms with Gasteiger partial charge in [-0.1, -0.05) is 18.2 Å². The van der Waals surface area contributed by atoms with Crippen molar-refractivity contribution >= 4 is 22.4 Å². The van der Waals surface area contributed by atoms with Crippen LogP contribution >= 0.6 is 0 Å². The van der Waals surface area contributed by atoms with Crippen molar-refractivity contribution in [2.45, 2.75) is 45.4 Å². The van der Waals surface area contributed by atoms with Crippen molar-refractivity contribution in [2.75, 3.05) is 0 Å². The van der Waals surface area contributed by atoms with Gasteiger partial charge >= 0.3 is 0 Å². The minimum atomic E-state index is -0.383. The van der Waals surface area contributed by atoms with Crippen LogP contribution in [0, 0.1) is 23.2 Å². The Bertz CT molecular complexity index is 971. The van der Waals surface area contributed by atoms with E-state index in [0.717, 1.165) is 23.5 Å². The standard InChI is InChI=1S/C21H24N4O2/c1-12(21-9-13-6-14(10-21)8-15(7-13)11-21)22-25-20(27)18-16-4-2-3-5-17(16)19(26)24-23-18/h2-5,13-15H,6-11H2,1H3,(H,24,26)(H,25,27). The van der Waals surface area contributed by atoms with Crippen LogP contribution in [0.15, 0.2) is 34.2 Å². The second-order valence-corrected chi connectivity index (χ2v) is 8.78. The molecule has 2 aromatic rings. The van der Waals surface area contributed by atoms with E-state index in [-0.39, 0.29) is 22.6 Å². The lowest BCUT2D eigenvalue weighted by molar-refractivity contribution is -0.0128. The Morgan fingerprint density at radius 3 is 2.33 bits per heavy atom. The molecule has 27 heavy (non-hydrogen) atoms. The lowest BCUT2D eigenvalue weighted by Crippen LogP contribution is -2.49. The molecule has 1 amide bonds. The van der Waals surface area contributed by atoms with Gasteiger partial charge in [0.05, 0.1) is 5.39 Å². The maximum atomic E-state index is 12.7. The highest BCUT2D eigenvalue weighted by molar-refractivity contribution is 6.05. The van der Waals surface area contributed by atoms with Crippen LogP contribution in [-0.4, -0.2) is 21.8 Å². The quantitative estimate of drug-likeness (QED) is 0.647. The molecule has 1 heterocycles. The zero-order valence-corrected chi connectivity index (χ0v) is 15.5. The number of benzene rings is 1. The molecule has 1 aromatic heterocycles. The van der Waals surface area contributed by atoms with Gasteiger partial charge in [0.25, 0.3) is 11.5 Å². The number of carbonyl (C=O) groups excluding carboxylic acids is 1. The summed E-state index contributed by atoms with van der Waals surface area (Å²) in [5.41, 5.74) is 3.82. The minimum absolute atomic E-state index is 0.169. The maximum absolute atomic E-state index is 12.7. The fourth-order valence-corrected chi connectivity index (χ4v) is 6.15. The fraction of sp³-hybridized carbons (Fsp3) is 0.524. The summed E-state index contributed by atoms with van der Waals surface area (Å²) < 4.78 is 0. The molecule has 6 nitrogen and oxygen atoms in total. The zero-order chi connectivity index (χ0) is 18.6. The molecule has 0 saturated heterocycles. The molecule has 0 atom stereocenters. The molecule has 4 aliphatic carbocycles.